The van der Waals surface area contributed by atoms with Crippen molar-refractivity contribution in [2.24, 2.45) is 9.98 Å². The highest BCUT2D eigenvalue weighted by Gasteiger charge is 2.07. The van der Waals surface area contributed by atoms with E-state index in [9.17, 15) is 0 Å². The lowest BCUT2D eigenvalue weighted by Crippen LogP contribution is -2.00. The maximum absolute atomic E-state index is 5.49. The molecule has 0 N–H and O–H groups in total. The minimum absolute atomic E-state index is 0.735. The maximum Gasteiger partial charge on any atom is 0.123 e. The Bertz CT molecular complexity index is 753. The second-order valence-electron chi connectivity index (χ2n) is 5.89. The van der Waals surface area contributed by atoms with Crippen LogP contribution in [0.5, 0.6) is 0 Å². The zero-order valence-corrected chi connectivity index (χ0v) is 15.2. The number of allylic oxidation sites excluding steroid dienone is 4. The van der Waals surface area contributed by atoms with E-state index in [2.05, 4.69) is 27.6 Å². The molecule has 2 heterocycles. The molecule has 1 aliphatic rings. The molecule has 4 nitrogen and oxygen atoms in total. The van der Waals surface area contributed by atoms with Gasteiger partial charge in [-0.25, -0.2) is 0 Å². The summed E-state index contributed by atoms with van der Waals surface area (Å²) in [5, 5.41) is 0. The van der Waals surface area contributed by atoms with Crippen molar-refractivity contribution in [3.8, 4) is 0 Å². The molecule has 0 radical (unpaired) electrons. The Morgan fingerprint density at radius 2 is 2.20 bits per heavy atom. The number of ether oxygens (including phenoxy) is 1. The van der Waals surface area contributed by atoms with E-state index < -0.39 is 0 Å². The van der Waals surface area contributed by atoms with E-state index in [0.717, 1.165) is 47.7 Å². The highest BCUT2D eigenvalue weighted by atomic mass is 16.5. The highest BCUT2D eigenvalue weighted by Crippen LogP contribution is 2.19. The van der Waals surface area contributed by atoms with Gasteiger partial charge in [0, 0.05) is 43.4 Å². The first-order valence-electron chi connectivity index (χ1n) is 8.35. The van der Waals surface area contributed by atoms with Crippen LogP contribution in [0.2, 0.25) is 0 Å². The number of aliphatic imine (C=N–C) groups is 2. The first-order valence-corrected chi connectivity index (χ1v) is 8.35. The van der Waals surface area contributed by atoms with Gasteiger partial charge in [0.15, 0.2) is 0 Å². The maximum atomic E-state index is 5.49. The van der Waals surface area contributed by atoms with E-state index in [-0.39, 0.29) is 0 Å². The third kappa shape index (κ3) is 5.99. The Balaban J connectivity index is 2.08. The van der Waals surface area contributed by atoms with Gasteiger partial charge in [-0.05, 0) is 49.1 Å². The lowest BCUT2D eigenvalue weighted by atomic mass is 10.0. The second-order valence-corrected chi connectivity index (χ2v) is 5.89. The van der Waals surface area contributed by atoms with Gasteiger partial charge in [-0.15, -0.1) is 0 Å². The Morgan fingerprint density at radius 1 is 1.36 bits per heavy atom. The quantitative estimate of drug-likeness (QED) is 0.409. The van der Waals surface area contributed by atoms with Crippen LogP contribution in [0.1, 0.15) is 32.4 Å². The lowest BCUT2D eigenvalue weighted by Gasteiger charge is -2.12. The minimum atomic E-state index is 0.735. The number of methoxy groups -OCH3 is 1. The van der Waals surface area contributed by atoms with Gasteiger partial charge in [-0.2, -0.15) is 0 Å². The number of hydrogen-bond acceptors (Lipinski definition) is 4. The van der Waals surface area contributed by atoms with Crippen molar-refractivity contribution in [1.29, 1.82) is 0 Å². The summed E-state index contributed by atoms with van der Waals surface area (Å²) < 4.78 is 5.49. The molecule has 0 spiro atoms. The van der Waals surface area contributed by atoms with Gasteiger partial charge in [0.1, 0.15) is 5.76 Å². The molecular weight excluding hydrogens is 310 g/mol. The van der Waals surface area contributed by atoms with Gasteiger partial charge < -0.3 is 4.74 Å². The molecule has 1 aromatic rings. The molecule has 130 valence electrons. The fourth-order valence-electron chi connectivity index (χ4n) is 2.40. The predicted molar refractivity (Wildman–Crippen MR) is 106 cm³/mol. The second kappa shape index (κ2) is 9.52. The summed E-state index contributed by atoms with van der Waals surface area (Å²) in [7, 11) is 1.66. The molecule has 0 atom stereocenters. The normalized spacial score (nSPS) is 15.8. The fraction of sp³-hybridized carbons (Fsp3) is 0.286. The number of hydrogen-bond donors (Lipinski definition) is 0. The number of rotatable bonds is 7. The summed E-state index contributed by atoms with van der Waals surface area (Å²) in [6.45, 7) is 8.95. The molecule has 0 aliphatic carbocycles. The molecule has 0 saturated heterocycles. The van der Waals surface area contributed by atoms with Crippen LogP contribution in [-0.2, 0) is 4.74 Å². The van der Waals surface area contributed by atoms with E-state index in [1.807, 2.05) is 50.5 Å². The van der Waals surface area contributed by atoms with Gasteiger partial charge in [0.05, 0.1) is 12.8 Å². The van der Waals surface area contributed by atoms with E-state index in [1.165, 1.54) is 5.57 Å². The first-order chi connectivity index (χ1) is 12.1. The SMILES string of the molecule is C=C(CC1=CCCN=C1)\C(=C/C(C)=N/C=C(\C)c1ccccn1)OC. The molecular formula is C21H25N3O. The average molecular weight is 335 g/mol. The largest absolute Gasteiger partial charge is 0.496 e. The number of dihydropyridines is 1. The van der Waals surface area contributed by atoms with E-state index in [1.54, 1.807) is 13.3 Å². The molecule has 0 amide bonds. The molecule has 0 saturated carbocycles. The van der Waals surface area contributed by atoms with Crippen LogP contribution >= 0.6 is 0 Å². The Morgan fingerprint density at radius 3 is 2.84 bits per heavy atom. The Kier molecular flexibility index (Phi) is 7.08. The minimum Gasteiger partial charge on any atom is -0.496 e. The Labute approximate surface area is 150 Å². The molecule has 0 aromatic carbocycles. The zero-order chi connectivity index (χ0) is 18.1. The average Bonchev–Trinajstić information content (AvgIpc) is 2.65. The third-order valence-electron chi connectivity index (χ3n) is 3.78. The summed E-state index contributed by atoms with van der Waals surface area (Å²) in [5.74, 6) is 0.741. The number of aromatic nitrogens is 1. The topological polar surface area (TPSA) is 46.8 Å². The molecule has 0 bridgehead atoms. The van der Waals surface area contributed by atoms with Crippen molar-refractivity contribution >= 4 is 17.5 Å². The van der Waals surface area contributed by atoms with Crippen molar-refractivity contribution in [3.63, 3.8) is 0 Å². The van der Waals surface area contributed by atoms with Gasteiger partial charge in [-0.3, -0.25) is 15.0 Å². The molecule has 0 unspecified atom stereocenters. The molecule has 25 heavy (non-hydrogen) atoms. The number of nitrogens with zero attached hydrogens (tertiary/aromatic N) is 3. The number of pyridine rings is 1. The lowest BCUT2D eigenvalue weighted by molar-refractivity contribution is 0.300. The standard InChI is InChI=1S/C21H25N3O/c1-16(12-19-8-7-10-22-15-19)21(25-4)13-18(3)24-14-17(2)20-9-5-6-11-23-20/h5-6,8-9,11,13-15H,1,7,10,12H2,2-4H3/b17-14+,21-13+,24-18+. The fourth-order valence-corrected chi connectivity index (χ4v) is 2.40. The van der Waals surface area contributed by atoms with Crippen molar-refractivity contribution in [1.82, 2.24) is 4.98 Å². The summed E-state index contributed by atoms with van der Waals surface area (Å²) in [6, 6.07) is 5.83. The van der Waals surface area contributed by atoms with Crippen molar-refractivity contribution in [2.75, 3.05) is 13.7 Å². The van der Waals surface area contributed by atoms with Crippen LogP contribution in [-0.4, -0.2) is 30.6 Å². The summed E-state index contributed by atoms with van der Waals surface area (Å²) in [6.07, 6.45) is 11.3. The van der Waals surface area contributed by atoms with Crippen LogP contribution in [0, 0.1) is 0 Å². The molecule has 1 aliphatic heterocycles. The van der Waals surface area contributed by atoms with Gasteiger partial charge in [-0.1, -0.05) is 18.7 Å². The van der Waals surface area contributed by atoms with Crippen molar-refractivity contribution < 1.29 is 4.74 Å². The van der Waals surface area contributed by atoms with Gasteiger partial charge in [0.2, 0.25) is 0 Å². The monoisotopic (exact) mass is 335 g/mol. The van der Waals surface area contributed by atoms with Crippen molar-refractivity contribution in [2.45, 2.75) is 26.7 Å². The Hall–Kier alpha value is -2.75. The van der Waals surface area contributed by atoms with Gasteiger partial charge in [0.25, 0.3) is 0 Å². The van der Waals surface area contributed by atoms with Gasteiger partial charge >= 0.3 is 0 Å². The summed E-state index contributed by atoms with van der Waals surface area (Å²) in [4.78, 5) is 13.1. The third-order valence-corrected chi connectivity index (χ3v) is 3.78. The smallest absolute Gasteiger partial charge is 0.123 e. The highest BCUT2D eigenvalue weighted by molar-refractivity contribution is 5.94. The van der Waals surface area contributed by atoms with Crippen LogP contribution in [0.25, 0.3) is 5.57 Å². The first kappa shape index (κ1) is 18.6. The molecule has 4 heteroatoms. The van der Waals surface area contributed by atoms with E-state index in [4.69, 9.17) is 4.74 Å². The van der Waals surface area contributed by atoms with Crippen LogP contribution in [0.15, 0.2) is 76.2 Å². The molecule has 1 aromatic heterocycles. The van der Waals surface area contributed by atoms with Crippen LogP contribution in [0.4, 0.5) is 0 Å². The van der Waals surface area contributed by atoms with Crippen LogP contribution < -0.4 is 0 Å². The predicted octanol–water partition coefficient (Wildman–Crippen LogP) is 4.78. The summed E-state index contributed by atoms with van der Waals surface area (Å²) in [5.41, 5.74) is 4.87. The van der Waals surface area contributed by atoms with Crippen molar-refractivity contribution in [3.05, 3.63) is 71.9 Å². The molecule has 2 rings (SSSR count). The zero-order valence-electron chi connectivity index (χ0n) is 15.2. The van der Waals surface area contributed by atoms with Crippen LogP contribution in [0.3, 0.4) is 0 Å². The molecule has 0 fully saturated rings. The van der Waals surface area contributed by atoms with E-state index >= 15 is 0 Å². The van der Waals surface area contributed by atoms with E-state index in [0.29, 0.717) is 0 Å². The summed E-state index contributed by atoms with van der Waals surface area (Å²) >= 11 is 0.